The van der Waals surface area contributed by atoms with E-state index in [2.05, 4.69) is 36.8 Å². The first kappa shape index (κ1) is 11.7. The van der Waals surface area contributed by atoms with Crippen LogP contribution in [0.3, 0.4) is 0 Å². The minimum absolute atomic E-state index is 0.239. The van der Waals surface area contributed by atoms with E-state index in [0.29, 0.717) is 11.2 Å². The second-order valence-electron chi connectivity index (χ2n) is 2.57. The molecule has 5 heteroatoms. The van der Waals surface area contributed by atoms with Crippen LogP contribution in [-0.2, 0) is 16.0 Å². The van der Waals surface area contributed by atoms with Gasteiger partial charge in [0.1, 0.15) is 9.21 Å². The Bertz CT molecular complexity index is 342. The molecule has 3 nitrogen and oxygen atoms in total. The number of ether oxygens (including phenoxy) is 1. The molecule has 0 amide bonds. The lowest BCUT2D eigenvalue weighted by Gasteiger charge is -2.03. The summed E-state index contributed by atoms with van der Waals surface area (Å²) < 4.78 is 6.23. The number of hydrogen-bond acceptors (Lipinski definition) is 3. The summed E-state index contributed by atoms with van der Waals surface area (Å²) in [6.07, 6.45) is 0.245. The van der Waals surface area contributed by atoms with Crippen molar-refractivity contribution < 1.29 is 9.53 Å². The normalized spacial score (nSPS) is 9.93. The minimum Gasteiger partial charge on any atom is -0.466 e. The maximum absolute atomic E-state index is 11.2. The van der Waals surface area contributed by atoms with E-state index in [1.54, 1.807) is 13.0 Å². The van der Waals surface area contributed by atoms with Crippen molar-refractivity contribution in [2.45, 2.75) is 13.3 Å². The van der Waals surface area contributed by atoms with Crippen LogP contribution in [0.1, 0.15) is 12.5 Å². The first-order valence-corrected chi connectivity index (χ1v) is 5.68. The molecule has 0 radical (unpaired) electrons. The van der Waals surface area contributed by atoms with E-state index in [1.165, 1.54) is 0 Å². The van der Waals surface area contributed by atoms with Gasteiger partial charge in [-0.3, -0.25) is 4.79 Å². The standard InChI is InChI=1S/C9H9Br2NO2/c1-2-14-8(13)5-6-3-4-7(10)12-9(6)11/h3-4H,2,5H2,1H3. The molecule has 0 atom stereocenters. The Morgan fingerprint density at radius 3 is 2.79 bits per heavy atom. The van der Waals surface area contributed by atoms with Crippen LogP contribution in [0.5, 0.6) is 0 Å². The van der Waals surface area contributed by atoms with Crippen molar-refractivity contribution in [3.8, 4) is 0 Å². The molecular weight excluding hydrogens is 314 g/mol. The predicted molar refractivity (Wildman–Crippen MR) is 60.0 cm³/mol. The molecule has 1 rings (SSSR count). The Kier molecular flexibility index (Phi) is 4.54. The number of esters is 1. The van der Waals surface area contributed by atoms with Gasteiger partial charge in [0, 0.05) is 0 Å². The molecule has 0 aromatic carbocycles. The molecule has 14 heavy (non-hydrogen) atoms. The molecule has 1 aromatic rings. The molecule has 1 aromatic heterocycles. The number of hydrogen-bond donors (Lipinski definition) is 0. The third-order valence-corrected chi connectivity index (χ3v) is 2.66. The Labute approximate surface area is 99.1 Å². The van der Waals surface area contributed by atoms with Gasteiger partial charge in [-0.1, -0.05) is 6.07 Å². The van der Waals surface area contributed by atoms with Crippen LogP contribution in [0.15, 0.2) is 21.3 Å². The first-order chi connectivity index (χ1) is 6.63. The number of rotatable bonds is 3. The minimum atomic E-state index is -0.239. The summed E-state index contributed by atoms with van der Waals surface area (Å²) in [4.78, 5) is 15.3. The number of nitrogens with zero attached hydrogens (tertiary/aromatic N) is 1. The van der Waals surface area contributed by atoms with Crippen molar-refractivity contribution in [3.05, 3.63) is 26.9 Å². The molecule has 0 bridgehead atoms. The smallest absolute Gasteiger partial charge is 0.310 e. The van der Waals surface area contributed by atoms with Gasteiger partial charge in [-0.25, -0.2) is 4.98 Å². The maximum atomic E-state index is 11.2. The number of aromatic nitrogens is 1. The maximum Gasteiger partial charge on any atom is 0.310 e. The highest BCUT2D eigenvalue weighted by Gasteiger charge is 2.08. The summed E-state index contributed by atoms with van der Waals surface area (Å²) in [5.41, 5.74) is 0.826. The van der Waals surface area contributed by atoms with Crippen molar-refractivity contribution in [2.75, 3.05) is 6.61 Å². The molecule has 0 spiro atoms. The molecule has 0 aliphatic rings. The van der Waals surface area contributed by atoms with Crippen molar-refractivity contribution in [1.82, 2.24) is 4.98 Å². The average Bonchev–Trinajstić information content (AvgIpc) is 2.10. The van der Waals surface area contributed by atoms with Gasteiger partial charge in [0.05, 0.1) is 13.0 Å². The molecule has 0 aliphatic heterocycles. The monoisotopic (exact) mass is 321 g/mol. The summed E-state index contributed by atoms with van der Waals surface area (Å²) in [6, 6.07) is 3.62. The van der Waals surface area contributed by atoms with Gasteiger partial charge in [-0.05, 0) is 50.4 Å². The number of halogens is 2. The SMILES string of the molecule is CCOC(=O)Cc1ccc(Br)nc1Br. The van der Waals surface area contributed by atoms with E-state index < -0.39 is 0 Å². The fourth-order valence-electron chi connectivity index (χ4n) is 0.940. The topological polar surface area (TPSA) is 39.2 Å². The fourth-order valence-corrected chi connectivity index (χ4v) is 1.95. The molecule has 0 fully saturated rings. The first-order valence-electron chi connectivity index (χ1n) is 4.10. The zero-order valence-corrected chi connectivity index (χ0v) is 10.8. The highest BCUT2D eigenvalue weighted by molar-refractivity contribution is 9.11. The van der Waals surface area contributed by atoms with Crippen LogP contribution in [0.25, 0.3) is 0 Å². The lowest BCUT2D eigenvalue weighted by molar-refractivity contribution is -0.142. The van der Waals surface area contributed by atoms with Gasteiger partial charge in [0.25, 0.3) is 0 Å². The molecular formula is C9H9Br2NO2. The van der Waals surface area contributed by atoms with E-state index in [1.807, 2.05) is 6.07 Å². The summed E-state index contributed by atoms with van der Waals surface area (Å²) in [7, 11) is 0. The highest BCUT2D eigenvalue weighted by atomic mass is 79.9. The molecule has 0 saturated heterocycles. The Morgan fingerprint density at radius 1 is 1.50 bits per heavy atom. The van der Waals surface area contributed by atoms with Gasteiger partial charge in [0.15, 0.2) is 0 Å². The van der Waals surface area contributed by atoms with Crippen LogP contribution >= 0.6 is 31.9 Å². The quantitative estimate of drug-likeness (QED) is 0.634. The molecule has 0 N–H and O–H groups in total. The summed E-state index contributed by atoms with van der Waals surface area (Å²) in [5, 5.41) is 0. The fraction of sp³-hybridized carbons (Fsp3) is 0.333. The molecule has 76 valence electrons. The third kappa shape index (κ3) is 3.38. The predicted octanol–water partition coefficient (Wildman–Crippen LogP) is 2.71. The van der Waals surface area contributed by atoms with E-state index in [9.17, 15) is 4.79 Å². The van der Waals surface area contributed by atoms with E-state index in [0.717, 1.165) is 10.2 Å². The van der Waals surface area contributed by atoms with Gasteiger partial charge < -0.3 is 4.74 Å². The van der Waals surface area contributed by atoms with E-state index in [-0.39, 0.29) is 12.4 Å². The van der Waals surface area contributed by atoms with Crippen LogP contribution in [0.2, 0.25) is 0 Å². The zero-order valence-electron chi connectivity index (χ0n) is 7.59. The second kappa shape index (κ2) is 5.46. The second-order valence-corrected chi connectivity index (χ2v) is 4.13. The van der Waals surface area contributed by atoms with Crippen LogP contribution in [0.4, 0.5) is 0 Å². The van der Waals surface area contributed by atoms with Gasteiger partial charge in [-0.2, -0.15) is 0 Å². The summed E-state index contributed by atoms with van der Waals surface area (Å²) in [6.45, 7) is 2.19. The Balaban J connectivity index is 2.72. The van der Waals surface area contributed by atoms with E-state index in [4.69, 9.17) is 4.74 Å². The van der Waals surface area contributed by atoms with Gasteiger partial charge in [-0.15, -0.1) is 0 Å². The van der Waals surface area contributed by atoms with Crippen LogP contribution in [-0.4, -0.2) is 17.6 Å². The zero-order chi connectivity index (χ0) is 10.6. The van der Waals surface area contributed by atoms with Crippen molar-refractivity contribution in [2.24, 2.45) is 0 Å². The lowest BCUT2D eigenvalue weighted by atomic mass is 10.2. The Morgan fingerprint density at radius 2 is 2.21 bits per heavy atom. The lowest BCUT2D eigenvalue weighted by Crippen LogP contribution is -2.08. The average molecular weight is 323 g/mol. The van der Waals surface area contributed by atoms with Crippen LogP contribution < -0.4 is 0 Å². The molecule has 0 unspecified atom stereocenters. The van der Waals surface area contributed by atoms with Gasteiger partial charge in [0.2, 0.25) is 0 Å². The molecule has 0 saturated carbocycles. The molecule has 1 heterocycles. The Hall–Kier alpha value is -0.420. The van der Waals surface area contributed by atoms with Crippen LogP contribution in [0, 0.1) is 0 Å². The van der Waals surface area contributed by atoms with Crippen molar-refractivity contribution in [1.29, 1.82) is 0 Å². The third-order valence-electron chi connectivity index (χ3n) is 1.53. The highest BCUT2D eigenvalue weighted by Crippen LogP contribution is 2.18. The summed E-state index contributed by atoms with van der Waals surface area (Å²) >= 11 is 6.51. The van der Waals surface area contributed by atoms with Crippen molar-refractivity contribution >= 4 is 37.8 Å². The number of carbonyl (C=O) groups is 1. The molecule has 0 aliphatic carbocycles. The number of carbonyl (C=O) groups excluding carboxylic acids is 1. The largest absolute Gasteiger partial charge is 0.466 e. The van der Waals surface area contributed by atoms with Gasteiger partial charge >= 0.3 is 5.97 Å². The van der Waals surface area contributed by atoms with Crippen molar-refractivity contribution in [3.63, 3.8) is 0 Å². The summed E-state index contributed by atoms with van der Waals surface area (Å²) in [5.74, 6) is -0.239. The number of pyridine rings is 1. The van der Waals surface area contributed by atoms with E-state index >= 15 is 0 Å².